The summed E-state index contributed by atoms with van der Waals surface area (Å²) >= 11 is 5.70. The summed E-state index contributed by atoms with van der Waals surface area (Å²) in [7, 11) is -0.767. The summed E-state index contributed by atoms with van der Waals surface area (Å²) in [5, 5.41) is 3.83. The van der Waals surface area contributed by atoms with Crippen LogP contribution in [0.5, 0.6) is 0 Å². The lowest BCUT2D eigenvalue weighted by Gasteiger charge is -2.14. The van der Waals surface area contributed by atoms with Gasteiger partial charge in [-0.2, -0.15) is 10.0 Å². The predicted octanol–water partition coefficient (Wildman–Crippen LogP) is 2.74. The van der Waals surface area contributed by atoms with E-state index in [1.54, 1.807) is 12.3 Å². The molecule has 1 rings (SSSR count). The van der Waals surface area contributed by atoms with Crippen molar-refractivity contribution in [2.75, 3.05) is 18.8 Å². The highest BCUT2D eigenvalue weighted by Crippen LogP contribution is 2.32. The van der Waals surface area contributed by atoms with Crippen molar-refractivity contribution in [1.29, 1.82) is 0 Å². The second kappa shape index (κ2) is 4.04. The summed E-state index contributed by atoms with van der Waals surface area (Å²) in [5.74, 6) is 3.03. The lowest BCUT2D eigenvalue weighted by atomic mass is 10.4. The molecule has 0 aliphatic carbocycles. The number of pyridine rings is 1. The standard InChI is InChI=1S/C10H12ClNS/c1-13(2,3)7-6-10-5-4-9(11)8-12-10/h4-5,8H,1-3H3. The first-order valence-corrected chi connectivity index (χ1v) is 7.03. The first-order valence-electron chi connectivity index (χ1n) is 3.80. The molecule has 0 aromatic carbocycles. The summed E-state index contributed by atoms with van der Waals surface area (Å²) in [6.07, 6.45) is 8.06. The van der Waals surface area contributed by atoms with Crippen molar-refractivity contribution in [3.05, 3.63) is 29.0 Å². The molecule has 0 fully saturated rings. The Morgan fingerprint density at radius 2 is 2.00 bits per heavy atom. The molecule has 1 aromatic rings. The zero-order valence-electron chi connectivity index (χ0n) is 7.97. The van der Waals surface area contributed by atoms with E-state index in [0.717, 1.165) is 5.69 Å². The molecule has 0 amide bonds. The van der Waals surface area contributed by atoms with Gasteiger partial charge in [0.05, 0.1) is 5.02 Å². The second-order valence-electron chi connectivity index (χ2n) is 3.43. The minimum atomic E-state index is -0.767. The molecule has 70 valence electrons. The molecule has 0 unspecified atom stereocenters. The van der Waals surface area contributed by atoms with Crippen molar-refractivity contribution in [1.82, 2.24) is 4.98 Å². The van der Waals surface area contributed by atoms with E-state index in [-0.39, 0.29) is 0 Å². The Balaban J connectivity index is 2.85. The average Bonchev–Trinajstić information content (AvgIpc) is 2.02. The predicted molar refractivity (Wildman–Crippen MR) is 61.5 cm³/mol. The molecule has 0 aliphatic heterocycles. The fourth-order valence-electron chi connectivity index (χ4n) is 0.655. The Labute approximate surface area is 85.8 Å². The largest absolute Gasteiger partial charge is 0.246 e. The van der Waals surface area contributed by atoms with Crippen molar-refractivity contribution >= 4 is 21.6 Å². The van der Waals surface area contributed by atoms with Crippen molar-refractivity contribution in [3.63, 3.8) is 0 Å². The molecule has 0 bridgehead atoms. The van der Waals surface area contributed by atoms with Crippen LogP contribution in [0.3, 0.4) is 0 Å². The number of rotatable bonds is 0. The van der Waals surface area contributed by atoms with Crippen molar-refractivity contribution in [2.45, 2.75) is 0 Å². The monoisotopic (exact) mass is 213 g/mol. The van der Waals surface area contributed by atoms with Gasteiger partial charge in [0.1, 0.15) is 5.69 Å². The van der Waals surface area contributed by atoms with E-state index in [0.29, 0.717) is 5.02 Å². The average molecular weight is 214 g/mol. The van der Waals surface area contributed by atoms with E-state index >= 15 is 0 Å². The first-order chi connectivity index (χ1) is 5.97. The van der Waals surface area contributed by atoms with Gasteiger partial charge in [0.25, 0.3) is 0 Å². The fourth-order valence-corrected chi connectivity index (χ4v) is 1.18. The Morgan fingerprint density at radius 1 is 1.31 bits per heavy atom. The Kier molecular flexibility index (Phi) is 3.24. The molecule has 0 radical (unpaired) electrons. The molecule has 0 atom stereocenters. The first kappa shape index (κ1) is 10.4. The molecule has 13 heavy (non-hydrogen) atoms. The summed E-state index contributed by atoms with van der Waals surface area (Å²) in [4.78, 5) is 4.09. The molecule has 0 N–H and O–H groups in total. The van der Waals surface area contributed by atoms with Crippen molar-refractivity contribution < 1.29 is 0 Å². The van der Waals surface area contributed by atoms with Gasteiger partial charge in [-0.1, -0.05) is 11.6 Å². The van der Waals surface area contributed by atoms with Gasteiger partial charge >= 0.3 is 0 Å². The van der Waals surface area contributed by atoms with E-state index in [1.807, 2.05) is 6.07 Å². The summed E-state index contributed by atoms with van der Waals surface area (Å²) in [5.41, 5.74) is 0.784. The van der Waals surface area contributed by atoms with Gasteiger partial charge in [-0.3, -0.25) is 0 Å². The SMILES string of the molecule is CS(C)(C)C#Cc1ccc(Cl)cn1. The van der Waals surface area contributed by atoms with Crippen LogP contribution in [-0.4, -0.2) is 23.8 Å². The third-order valence-electron chi connectivity index (χ3n) is 1.21. The number of nitrogens with zero attached hydrogens (tertiary/aromatic N) is 1. The molecule has 1 aromatic heterocycles. The topological polar surface area (TPSA) is 12.9 Å². The number of halogens is 1. The molecule has 0 saturated carbocycles. The number of hydrogen-bond donors (Lipinski definition) is 0. The molecular formula is C10H12ClNS. The Hall–Kier alpha value is -0.650. The van der Waals surface area contributed by atoms with Crippen LogP contribution in [-0.2, 0) is 0 Å². The van der Waals surface area contributed by atoms with Gasteiger partial charge in [-0.05, 0) is 42.1 Å². The van der Waals surface area contributed by atoms with Gasteiger partial charge in [0.2, 0.25) is 0 Å². The summed E-state index contributed by atoms with van der Waals surface area (Å²) in [6.45, 7) is 0. The van der Waals surface area contributed by atoms with E-state index in [9.17, 15) is 0 Å². The summed E-state index contributed by atoms with van der Waals surface area (Å²) < 4.78 is 0. The molecule has 3 heteroatoms. The van der Waals surface area contributed by atoms with Crippen LogP contribution in [0.2, 0.25) is 5.02 Å². The molecule has 1 heterocycles. The van der Waals surface area contributed by atoms with Crippen LogP contribution in [0.4, 0.5) is 0 Å². The Bertz CT molecular complexity index is 340. The molecule has 0 aliphatic rings. The number of hydrogen-bond acceptors (Lipinski definition) is 1. The van der Waals surface area contributed by atoms with Crippen LogP contribution in [0.25, 0.3) is 0 Å². The summed E-state index contributed by atoms with van der Waals surface area (Å²) in [6, 6.07) is 3.64. The maximum Gasteiger partial charge on any atom is 0.114 e. The zero-order valence-corrected chi connectivity index (χ0v) is 9.54. The fraction of sp³-hybridized carbons (Fsp3) is 0.300. The van der Waals surface area contributed by atoms with Crippen LogP contribution >= 0.6 is 21.6 Å². The maximum atomic E-state index is 5.70. The molecule has 1 nitrogen and oxygen atoms in total. The third kappa shape index (κ3) is 4.21. The smallest absolute Gasteiger partial charge is 0.114 e. The van der Waals surface area contributed by atoms with E-state index < -0.39 is 10.0 Å². The van der Waals surface area contributed by atoms with Gasteiger partial charge in [0.15, 0.2) is 0 Å². The van der Waals surface area contributed by atoms with Crippen LogP contribution in [0.15, 0.2) is 18.3 Å². The van der Waals surface area contributed by atoms with Crippen molar-refractivity contribution in [2.24, 2.45) is 0 Å². The van der Waals surface area contributed by atoms with Crippen LogP contribution in [0, 0.1) is 11.2 Å². The van der Waals surface area contributed by atoms with E-state index in [4.69, 9.17) is 11.6 Å². The highest BCUT2D eigenvalue weighted by atomic mass is 35.5. The van der Waals surface area contributed by atoms with Crippen LogP contribution < -0.4 is 0 Å². The van der Waals surface area contributed by atoms with Crippen LogP contribution in [0.1, 0.15) is 5.69 Å². The molecular weight excluding hydrogens is 202 g/mol. The van der Waals surface area contributed by atoms with Gasteiger partial charge in [-0.15, -0.1) is 0 Å². The number of aromatic nitrogens is 1. The normalized spacial score (nSPS) is 11.7. The lowest BCUT2D eigenvalue weighted by Crippen LogP contribution is -1.86. The Morgan fingerprint density at radius 3 is 2.46 bits per heavy atom. The zero-order chi connectivity index (χ0) is 9.90. The highest BCUT2D eigenvalue weighted by molar-refractivity contribution is 8.35. The van der Waals surface area contributed by atoms with Gasteiger partial charge in [-0.25, -0.2) is 4.98 Å². The van der Waals surface area contributed by atoms with Crippen molar-refractivity contribution in [3.8, 4) is 11.2 Å². The lowest BCUT2D eigenvalue weighted by molar-refractivity contribution is 1.29. The maximum absolute atomic E-state index is 5.70. The quantitative estimate of drug-likeness (QED) is 0.604. The molecule has 0 spiro atoms. The van der Waals surface area contributed by atoms with Gasteiger partial charge < -0.3 is 0 Å². The third-order valence-corrected chi connectivity index (χ3v) is 2.15. The van der Waals surface area contributed by atoms with E-state index in [1.165, 1.54) is 0 Å². The molecule has 0 saturated heterocycles. The highest BCUT2D eigenvalue weighted by Gasteiger charge is 1.96. The van der Waals surface area contributed by atoms with E-state index in [2.05, 4.69) is 34.9 Å². The minimum Gasteiger partial charge on any atom is -0.246 e. The second-order valence-corrected chi connectivity index (χ2v) is 7.74. The minimum absolute atomic E-state index is 0.647. The van der Waals surface area contributed by atoms with Gasteiger partial charge in [0, 0.05) is 6.20 Å².